The van der Waals surface area contributed by atoms with Crippen LogP contribution in [0.4, 0.5) is 5.69 Å². The van der Waals surface area contributed by atoms with Crippen molar-refractivity contribution in [1.29, 1.82) is 5.26 Å². The van der Waals surface area contributed by atoms with E-state index in [1.165, 1.54) is 0 Å². The zero-order valence-corrected chi connectivity index (χ0v) is 14.5. The molecule has 0 amide bonds. The minimum Gasteiger partial charge on any atom is -0.497 e. The summed E-state index contributed by atoms with van der Waals surface area (Å²) in [5.41, 5.74) is 1.69. The molecule has 1 aromatic carbocycles. The summed E-state index contributed by atoms with van der Waals surface area (Å²) in [7, 11) is -2.07. The molecule has 0 spiro atoms. The quantitative estimate of drug-likeness (QED) is 0.746. The van der Waals surface area contributed by atoms with E-state index in [2.05, 4.69) is 25.9 Å². The molecule has 2 heterocycles. The van der Waals surface area contributed by atoms with E-state index in [0.29, 0.717) is 43.2 Å². The lowest BCUT2D eigenvalue weighted by atomic mass is 9.94. The summed E-state index contributed by atoms with van der Waals surface area (Å²) < 4.78 is 29.2. The summed E-state index contributed by atoms with van der Waals surface area (Å²) >= 11 is 0. The van der Waals surface area contributed by atoms with Gasteiger partial charge in [0.05, 0.1) is 18.3 Å². The number of hydrogen-bond donors (Lipinski definition) is 2. The molecule has 0 aliphatic carbocycles. The lowest BCUT2D eigenvalue weighted by Crippen LogP contribution is -2.48. The Morgan fingerprint density at radius 3 is 2.84 bits per heavy atom. The van der Waals surface area contributed by atoms with E-state index in [0.717, 1.165) is 11.1 Å². The molecule has 1 saturated heterocycles. The topological polar surface area (TPSA) is 134 Å². The van der Waals surface area contributed by atoms with Crippen molar-refractivity contribution in [2.45, 2.75) is 6.42 Å². The number of hydrogen-bond acceptors (Lipinski definition) is 7. The van der Waals surface area contributed by atoms with Crippen LogP contribution in [0.25, 0.3) is 10.9 Å². The predicted octanol–water partition coefficient (Wildman–Crippen LogP) is 0.129. The number of methoxy groups -OCH3 is 1. The van der Waals surface area contributed by atoms with Crippen molar-refractivity contribution in [3.8, 4) is 11.8 Å². The molecule has 0 unspecified atom stereocenters. The van der Waals surface area contributed by atoms with E-state index < -0.39 is 10.2 Å². The number of aromatic nitrogens is 2. The van der Waals surface area contributed by atoms with Crippen molar-refractivity contribution in [1.82, 2.24) is 14.9 Å². The van der Waals surface area contributed by atoms with Gasteiger partial charge in [0.2, 0.25) is 0 Å². The van der Waals surface area contributed by atoms with Crippen LogP contribution in [-0.4, -0.2) is 45.4 Å². The van der Waals surface area contributed by atoms with Gasteiger partial charge >= 0.3 is 0 Å². The molecule has 132 valence electrons. The first-order valence-corrected chi connectivity index (χ1v) is 9.23. The fourth-order valence-electron chi connectivity index (χ4n) is 2.94. The number of nitrogens with two attached hydrogens (primary N) is 1. The van der Waals surface area contributed by atoms with Gasteiger partial charge in [0.1, 0.15) is 11.8 Å². The molecule has 1 aliphatic heterocycles. The summed E-state index contributed by atoms with van der Waals surface area (Å²) in [4.78, 5) is 2.06. The highest BCUT2D eigenvalue weighted by Crippen LogP contribution is 2.35. The molecule has 0 atom stereocenters. The zero-order chi connectivity index (χ0) is 18.0. The maximum atomic E-state index is 10.9. The minimum atomic E-state index is -3.65. The van der Waals surface area contributed by atoms with E-state index in [4.69, 9.17) is 9.88 Å². The van der Waals surface area contributed by atoms with E-state index in [9.17, 15) is 13.7 Å². The molecule has 3 rings (SSSR count). The average Bonchev–Trinajstić information content (AvgIpc) is 2.54. The molecular weight excluding hydrogens is 344 g/mol. The first kappa shape index (κ1) is 17.3. The third kappa shape index (κ3) is 3.79. The van der Waals surface area contributed by atoms with Gasteiger partial charge < -0.3 is 9.64 Å². The standard InChI is InChI=1S/C15H18N6O3S/c1-24-11-2-3-12-13(6-11)19-20-14(7-16)15(12)21-8-10(9-21)4-5-18-25(17,22)23/h2-3,6,10,18H,4-5,8-9H2,1H3,(H2,17,22,23). The number of anilines is 1. The van der Waals surface area contributed by atoms with Crippen LogP contribution in [0, 0.1) is 17.2 Å². The van der Waals surface area contributed by atoms with Crippen molar-refractivity contribution in [2.24, 2.45) is 11.1 Å². The van der Waals surface area contributed by atoms with Crippen molar-refractivity contribution < 1.29 is 13.2 Å². The third-order valence-electron chi connectivity index (χ3n) is 4.18. The van der Waals surface area contributed by atoms with Crippen molar-refractivity contribution in [2.75, 3.05) is 31.6 Å². The smallest absolute Gasteiger partial charge is 0.274 e. The minimum absolute atomic E-state index is 0.277. The van der Waals surface area contributed by atoms with Crippen LogP contribution in [0.3, 0.4) is 0 Å². The number of rotatable bonds is 6. The number of benzene rings is 1. The van der Waals surface area contributed by atoms with Gasteiger partial charge in [-0.15, -0.1) is 10.2 Å². The van der Waals surface area contributed by atoms with Gasteiger partial charge in [-0.1, -0.05) is 0 Å². The summed E-state index contributed by atoms with van der Waals surface area (Å²) in [6, 6.07) is 7.56. The Morgan fingerprint density at radius 2 is 2.20 bits per heavy atom. The molecule has 0 radical (unpaired) electrons. The fourth-order valence-corrected chi connectivity index (χ4v) is 3.34. The molecule has 0 bridgehead atoms. The summed E-state index contributed by atoms with van der Waals surface area (Å²) in [5, 5.41) is 23.2. The third-order valence-corrected chi connectivity index (χ3v) is 4.78. The molecule has 25 heavy (non-hydrogen) atoms. The maximum absolute atomic E-state index is 10.9. The molecule has 1 fully saturated rings. The second-order valence-electron chi connectivity index (χ2n) is 5.89. The van der Waals surface area contributed by atoms with Crippen LogP contribution in [0.15, 0.2) is 18.2 Å². The van der Waals surface area contributed by atoms with Crippen molar-refractivity contribution in [3.63, 3.8) is 0 Å². The molecule has 1 aliphatic rings. The monoisotopic (exact) mass is 362 g/mol. The number of nitrogens with zero attached hydrogens (tertiary/aromatic N) is 4. The molecule has 10 heteroatoms. The van der Waals surface area contributed by atoms with Gasteiger partial charge in [0.25, 0.3) is 10.2 Å². The predicted molar refractivity (Wildman–Crippen MR) is 92.2 cm³/mol. The zero-order valence-electron chi connectivity index (χ0n) is 13.6. The van der Waals surface area contributed by atoms with Gasteiger partial charge in [-0.3, -0.25) is 0 Å². The molecule has 0 saturated carbocycles. The fraction of sp³-hybridized carbons (Fsp3) is 0.400. The first-order chi connectivity index (χ1) is 11.9. The van der Waals surface area contributed by atoms with E-state index >= 15 is 0 Å². The Morgan fingerprint density at radius 1 is 1.44 bits per heavy atom. The molecule has 1 aromatic heterocycles. The SMILES string of the molecule is COc1ccc2c(N3CC(CCNS(N)(=O)=O)C3)c(C#N)nnc2c1. The van der Waals surface area contributed by atoms with E-state index in [-0.39, 0.29) is 5.69 Å². The Balaban J connectivity index is 1.77. The Kier molecular flexibility index (Phi) is 4.71. The lowest BCUT2D eigenvalue weighted by molar-refractivity contribution is 0.384. The highest BCUT2D eigenvalue weighted by Gasteiger charge is 2.30. The van der Waals surface area contributed by atoms with E-state index in [1.54, 1.807) is 13.2 Å². The van der Waals surface area contributed by atoms with Gasteiger partial charge in [0.15, 0.2) is 5.69 Å². The molecular formula is C15H18N6O3S. The maximum Gasteiger partial charge on any atom is 0.274 e. The number of ether oxygens (including phenoxy) is 1. The Bertz CT molecular complexity index is 934. The summed E-state index contributed by atoms with van der Waals surface area (Å²) in [5.74, 6) is 0.996. The van der Waals surface area contributed by atoms with Crippen LogP contribution in [0.5, 0.6) is 5.75 Å². The second-order valence-corrected chi connectivity index (χ2v) is 7.27. The van der Waals surface area contributed by atoms with Crippen LogP contribution >= 0.6 is 0 Å². The number of nitriles is 1. The Hall–Kier alpha value is -2.48. The number of nitrogens with one attached hydrogen (secondary N) is 1. The van der Waals surface area contributed by atoms with Gasteiger partial charge in [-0.2, -0.15) is 13.7 Å². The van der Waals surface area contributed by atoms with Gasteiger partial charge in [-0.05, 0) is 24.5 Å². The van der Waals surface area contributed by atoms with Gasteiger partial charge in [-0.25, -0.2) is 9.86 Å². The highest BCUT2D eigenvalue weighted by atomic mass is 32.2. The average molecular weight is 362 g/mol. The largest absolute Gasteiger partial charge is 0.497 e. The van der Waals surface area contributed by atoms with Crippen LogP contribution < -0.4 is 19.5 Å². The molecule has 9 nitrogen and oxygen atoms in total. The van der Waals surface area contributed by atoms with Crippen molar-refractivity contribution >= 4 is 26.8 Å². The Labute approximate surface area is 145 Å². The summed E-state index contributed by atoms with van der Waals surface area (Å²) in [6.45, 7) is 1.73. The van der Waals surface area contributed by atoms with Crippen LogP contribution in [0.1, 0.15) is 12.1 Å². The first-order valence-electron chi connectivity index (χ1n) is 7.68. The molecule has 3 N–H and O–H groups in total. The second kappa shape index (κ2) is 6.79. The summed E-state index contributed by atoms with van der Waals surface area (Å²) in [6.07, 6.45) is 0.680. The van der Waals surface area contributed by atoms with Gasteiger partial charge in [0, 0.05) is 31.1 Å². The lowest BCUT2D eigenvalue weighted by Gasteiger charge is -2.41. The molecule has 2 aromatic rings. The van der Waals surface area contributed by atoms with Crippen molar-refractivity contribution in [3.05, 3.63) is 23.9 Å². The van der Waals surface area contributed by atoms with Crippen LogP contribution in [-0.2, 0) is 10.2 Å². The van der Waals surface area contributed by atoms with E-state index in [1.807, 2.05) is 12.1 Å². The highest BCUT2D eigenvalue weighted by molar-refractivity contribution is 7.87. The normalized spacial score (nSPS) is 15.0. The number of fused-ring (bicyclic) bond motifs is 1. The van der Waals surface area contributed by atoms with Crippen LogP contribution in [0.2, 0.25) is 0 Å².